The number of nitrogens with one attached hydrogen (secondary N) is 1. The third-order valence-corrected chi connectivity index (χ3v) is 2.92. The van der Waals surface area contributed by atoms with Crippen LogP contribution in [0.3, 0.4) is 0 Å². The zero-order valence-corrected chi connectivity index (χ0v) is 8.83. The summed E-state index contributed by atoms with van der Waals surface area (Å²) in [6.45, 7) is 2.25. The number of nitrogen functional groups attached to an aromatic ring is 1. The van der Waals surface area contributed by atoms with Gasteiger partial charge in [0.05, 0.1) is 5.56 Å². The molecule has 0 spiro atoms. The van der Waals surface area contributed by atoms with E-state index in [0.29, 0.717) is 17.3 Å². The van der Waals surface area contributed by atoms with Crippen molar-refractivity contribution in [1.29, 1.82) is 5.26 Å². The molecule has 1 aromatic rings. The summed E-state index contributed by atoms with van der Waals surface area (Å²) in [7, 11) is 0. The van der Waals surface area contributed by atoms with Gasteiger partial charge in [-0.2, -0.15) is 5.26 Å². The van der Waals surface area contributed by atoms with Gasteiger partial charge in [-0.05, 0) is 37.0 Å². The molecule has 3 heteroatoms. The van der Waals surface area contributed by atoms with Crippen LogP contribution in [0.2, 0.25) is 0 Å². The Morgan fingerprint density at radius 2 is 2.20 bits per heavy atom. The Labute approximate surface area is 89.9 Å². The fourth-order valence-electron chi connectivity index (χ4n) is 2.00. The summed E-state index contributed by atoms with van der Waals surface area (Å²) in [6.07, 6.45) is 2.43. The predicted molar refractivity (Wildman–Crippen MR) is 61.4 cm³/mol. The number of anilines is 2. The molecule has 3 N–H and O–H groups in total. The Hall–Kier alpha value is -1.69. The van der Waals surface area contributed by atoms with Crippen LogP contribution in [-0.4, -0.2) is 6.04 Å². The third-order valence-electron chi connectivity index (χ3n) is 2.92. The molecule has 1 aliphatic rings. The first kappa shape index (κ1) is 9.85. The highest BCUT2D eigenvalue weighted by molar-refractivity contribution is 5.62. The fourth-order valence-corrected chi connectivity index (χ4v) is 2.00. The van der Waals surface area contributed by atoms with Gasteiger partial charge in [0.1, 0.15) is 6.07 Å². The van der Waals surface area contributed by atoms with Gasteiger partial charge < -0.3 is 11.1 Å². The van der Waals surface area contributed by atoms with Gasteiger partial charge in [0.15, 0.2) is 0 Å². The van der Waals surface area contributed by atoms with Crippen LogP contribution in [0.15, 0.2) is 18.2 Å². The monoisotopic (exact) mass is 201 g/mol. The molecule has 1 aliphatic carbocycles. The minimum atomic E-state index is 0.546. The first-order valence-corrected chi connectivity index (χ1v) is 5.25. The number of hydrogen-bond acceptors (Lipinski definition) is 3. The average molecular weight is 201 g/mol. The summed E-state index contributed by atoms with van der Waals surface area (Å²) < 4.78 is 0. The highest BCUT2D eigenvalue weighted by Gasteiger charge is 2.24. The standard InChI is InChI=1S/C12H15N3/c1-8-4-11(5-8)15-10-2-3-12(14)9(6-10)7-13/h2-3,6,8,11,15H,4-5,14H2,1H3. The van der Waals surface area contributed by atoms with Gasteiger partial charge in [0.2, 0.25) is 0 Å². The Kier molecular flexibility index (Phi) is 2.51. The molecule has 0 amide bonds. The minimum Gasteiger partial charge on any atom is -0.398 e. The lowest BCUT2D eigenvalue weighted by Gasteiger charge is -2.34. The number of nitrogens with two attached hydrogens (primary N) is 1. The molecule has 2 rings (SSSR count). The van der Waals surface area contributed by atoms with E-state index >= 15 is 0 Å². The zero-order valence-electron chi connectivity index (χ0n) is 8.83. The maximum Gasteiger partial charge on any atom is 0.101 e. The molecule has 0 aliphatic heterocycles. The van der Waals surface area contributed by atoms with Crippen LogP contribution in [0.25, 0.3) is 0 Å². The summed E-state index contributed by atoms with van der Waals surface area (Å²) in [6, 6.07) is 8.18. The van der Waals surface area contributed by atoms with Crippen molar-refractivity contribution in [2.75, 3.05) is 11.1 Å². The maximum atomic E-state index is 8.83. The second-order valence-electron chi connectivity index (χ2n) is 4.33. The summed E-state index contributed by atoms with van der Waals surface area (Å²) in [4.78, 5) is 0. The van der Waals surface area contributed by atoms with Crippen molar-refractivity contribution < 1.29 is 0 Å². The molecule has 1 aromatic carbocycles. The molecular formula is C12H15N3. The Balaban J connectivity index is 2.06. The van der Waals surface area contributed by atoms with Gasteiger partial charge in [-0.15, -0.1) is 0 Å². The smallest absolute Gasteiger partial charge is 0.101 e. The van der Waals surface area contributed by atoms with E-state index < -0.39 is 0 Å². The SMILES string of the molecule is CC1CC(Nc2ccc(N)c(C#N)c2)C1. The van der Waals surface area contributed by atoms with Crippen molar-refractivity contribution in [3.05, 3.63) is 23.8 Å². The van der Waals surface area contributed by atoms with Crippen LogP contribution in [0.4, 0.5) is 11.4 Å². The Bertz CT molecular complexity index is 400. The molecule has 0 unspecified atom stereocenters. The van der Waals surface area contributed by atoms with Crippen LogP contribution in [0.5, 0.6) is 0 Å². The van der Waals surface area contributed by atoms with E-state index in [0.717, 1.165) is 11.6 Å². The van der Waals surface area contributed by atoms with E-state index in [1.165, 1.54) is 12.8 Å². The summed E-state index contributed by atoms with van der Waals surface area (Å²) in [5.41, 5.74) is 7.74. The van der Waals surface area contributed by atoms with Crippen molar-refractivity contribution in [2.24, 2.45) is 5.92 Å². The van der Waals surface area contributed by atoms with Crippen molar-refractivity contribution in [3.63, 3.8) is 0 Å². The van der Waals surface area contributed by atoms with E-state index in [1.807, 2.05) is 12.1 Å². The van der Waals surface area contributed by atoms with E-state index in [-0.39, 0.29) is 0 Å². The van der Waals surface area contributed by atoms with E-state index in [4.69, 9.17) is 11.0 Å². The van der Waals surface area contributed by atoms with Gasteiger partial charge in [0.25, 0.3) is 0 Å². The molecule has 0 heterocycles. The summed E-state index contributed by atoms with van der Waals surface area (Å²) in [5, 5.41) is 12.2. The quantitative estimate of drug-likeness (QED) is 0.722. The normalized spacial score (nSPS) is 24.0. The molecule has 0 aromatic heterocycles. The maximum absolute atomic E-state index is 8.83. The van der Waals surface area contributed by atoms with Crippen LogP contribution in [0.1, 0.15) is 25.3 Å². The molecular weight excluding hydrogens is 186 g/mol. The van der Waals surface area contributed by atoms with Crippen LogP contribution < -0.4 is 11.1 Å². The Morgan fingerprint density at radius 1 is 1.47 bits per heavy atom. The van der Waals surface area contributed by atoms with Gasteiger partial charge in [-0.3, -0.25) is 0 Å². The lowest BCUT2D eigenvalue weighted by Crippen LogP contribution is -2.33. The zero-order chi connectivity index (χ0) is 10.8. The Morgan fingerprint density at radius 3 is 2.80 bits per heavy atom. The first-order valence-electron chi connectivity index (χ1n) is 5.25. The van der Waals surface area contributed by atoms with Gasteiger partial charge >= 0.3 is 0 Å². The first-order chi connectivity index (χ1) is 7.19. The highest BCUT2D eigenvalue weighted by Crippen LogP contribution is 2.30. The van der Waals surface area contributed by atoms with Crippen LogP contribution >= 0.6 is 0 Å². The molecule has 0 atom stereocenters. The molecule has 0 bridgehead atoms. The summed E-state index contributed by atoms with van der Waals surface area (Å²) in [5.74, 6) is 0.826. The van der Waals surface area contributed by atoms with Crippen molar-refractivity contribution >= 4 is 11.4 Å². The second kappa shape index (κ2) is 3.82. The van der Waals surface area contributed by atoms with Gasteiger partial charge in [-0.1, -0.05) is 6.92 Å². The van der Waals surface area contributed by atoms with Crippen molar-refractivity contribution in [1.82, 2.24) is 0 Å². The highest BCUT2D eigenvalue weighted by atomic mass is 14.9. The molecule has 1 fully saturated rings. The molecule has 1 saturated carbocycles. The molecule has 15 heavy (non-hydrogen) atoms. The van der Waals surface area contributed by atoms with Crippen molar-refractivity contribution in [3.8, 4) is 6.07 Å². The number of nitrogens with zero attached hydrogens (tertiary/aromatic N) is 1. The molecule has 0 radical (unpaired) electrons. The topological polar surface area (TPSA) is 61.8 Å². The number of benzene rings is 1. The number of hydrogen-bond donors (Lipinski definition) is 2. The summed E-state index contributed by atoms with van der Waals surface area (Å²) >= 11 is 0. The van der Waals surface area contributed by atoms with E-state index in [2.05, 4.69) is 18.3 Å². The lowest BCUT2D eigenvalue weighted by atomic mass is 9.82. The number of nitriles is 1. The minimum absolute atomic E-state index is 0.546. The third kappa shape index (κ3) is 2.04. The van der Waals surface area contributed by atoms with E-state index in [9.17, 15) is 0 Å². The number of rotatable bonds is 2. The van der Waals surface area contributed by atoms with Crippen LogP contribution in [-0.2, 0) is 0 Å². The van der Waals surface area contributed by atoms with E-state index in [1.54, 1.807) is 6.07 Å². The predicted octanol–water partition coefficient (Wildman–Crippen LogP) is 2.35. The van der Waals surface area contributed by atoms with Crippen LogP contribution in [0, 0.1) is 17.2 Å². The van der Waals surface area contributed by atoms with Crippen molar-refractivity contribution in [2.45, 2.75) is 25.8 Å². The largest absolute Gasteiger partial charge is 0.398 e. The average Bonchev–Trinajstić information content (AvgIpc) is 2.18. The molecule has 78 valence electrons. The second-order valence-corrected chi connectivity index (χ2v) is 4.33. The molecule has 0 saturated heterocycles. The van der Waals surface area contributed by atoms with Gasteiger partial charge in [-0.25, -0.2) is 0 Å². The molecule has 3 nitrogen and oxygen atoms in total. The lowest BCUT2D eigenvalue weighted by molar-refractivity contribution is 0.309. The fraction of sp³-hybridized carbons (Fsp3) is 0.417. The van der Waals surface area contributed by atoms with Gasteiger partial charge in [0, 0.05) is 17.4 Å².